The van der Waals surface area contributed by atoms with Crippen LogP contribution in [0, 0.1) is 0 Å². The van der Waals surface area contributed by atoms with Crippen LogP contribution in [0.5, 0.6) is 0 Å². The molecular weight excluding hydrogens is 396 g/mol. The lowest BCUT2D eigenvalue weighted by Gasteiger charge is -2.35. The van der Waals surface area contributed by atoms with Gasteiger partial charge in [0.25, 0.3) is 0 Å². The zero-order chi connectivity index (χ0) is 19.9. The van der Waals surface area contributed by atoms with Crippen LogP contribution in [0.2, 0.25) is 4.34 Å². The van der Waals surface area contributed by atoms with E-state index in [1.54, 1.807) is 16.2 Å². The fourth-order valence-corrected chi connectivity index (χ4v) is 4.24. The number of nitrogens with zero attached hydrogens (tertiary/aromatic N) is 3. The molecule has 1 fully saturated rings. The summed E-state index contributed by atoms with van der Waals surface area (Å²) in [5.41, 5.74) is 0.776. The average Bonchev–Trinajstić information content (AvgIpc) is 3.13. The number of urea groups is 1. The van der Waals surface area contributed by atoms with Crippen LogP contribution >= 0.6 is 22.9 Å². The summed E-state index contributed by atoms with van der Waals surface area (Å²) in [6.45, 7) is 6.14. The predicted molar refractivity (Wildman–Crippen MR) is 114 cm³/mol. The summed E-state index contributed by atoms with van der Waals surface area (Å²) in [5, 5.41) is 2.89. The molecule has 3 amide bonds. The maximum atomic E-state index is 12.7. The van der Waals surface area contributed by atoms with Gasteiger partial charge in [0.2, 0.25) is 5.91 Å². The predicted octanol–water partition coefficient (Wildman–Crippen LogP) is 3.60. The Balaban J connectivity index is 1.45. The molecule has 1 saturated heterocycles. The maximum absolute atomic E-state index is 12.7. The average molecular weight is 421 g/mol. The van der Waals surface area contributed by atoms with Gasteiger partial charge in [-0.1, -0.05) is 36.7 Å². The summed E-state index contributed by atoms with van der Waals surface area (Å²) in [6.07, 6.45) is 0. The fourth-order valence-electron chi connectivity index (χ4n) is 3.11. The highest BCUT2D eigenvalue weighted by Crippen LogP contribution is 2.22. The van der Waals surface area contributed by atoms with E-state index in [9.17, 15) is 9.59 Å². The number of anilines is 1. The standard InChI is InChI=1S/C20H25ClN4O2S/c1-2-23(14-17-8-9-18(21)28-17)15-19(26)24-10-12-25(13-11-24)20(27)22-16-6-4-3-5-7-16/h3-9H,2,10-15H2,1H3,(H,22,27). The Kier molecular flexibility index (Phi) is 7.30. The number of hydrogen-bond acceptors (Lipinski definition) is 4. The van der Waals surface area contributed by atoms with E-state index < -0.39 is 0 Å². The zero-order valence-electron chi connectivity index (χ0n) is 15.9. The van der Waals surface area contributed by atoms with Gasteiger partial charge >= 0.3 is 6.03 Å². The Morgan fingerprint density at radius 2 is 1.75 bits per heavy atom. The number of nitrogens with one attached hydrogen (secondary N) is 1. The summed E-state index contributed by atoms with van der Waals surface area (Å²) < 4.78 is 0.766. The van der Waals surface area contributed by atoms with Crippen LogP contribution in [-0.2, 0) is 11.3 Å². The minimum Gasteiger partial charge on any atom is -0.338 e. The molecule has 0 bridgehead atoms. The number of halogens is 1. The van der Waals surface area contributed by atoms with E-state index in [-0.39, 0.29) is 11.9 Å². The van der Waals surface area contributed by atoms with E-state index in [4.69, 9.17) is 11.6 Å². The van der Waals surface area contributed by atoms with Crippen molar-refractivity contribution in [3.05, 3.63) is 51.7 Å². The Bertz CT molecular complexity index is 791. The molecule has 0 atom stereocenters. The minimum atomic E-state index is -0.122. The van der Waals surface area contributed by atoms with Gasteiger partial charge in [-0.25, -0.2) is 4.79 Å². The lowest BCUT2D eigenvalue weighted by molar-refractivity contribution is -0.133. The Hall–Kier alpha value is -2.09. The second kappa shape index (κ2) is 9.91. The number of likely N-dealkylation sites (N-methyl/N-ethyl adjacent to an activating group) is 1. The van der Waals surface area contributed by atoms with Crippen molar-refractivity contribution >= 4 is 40.6 Å². The molecule has 1 aliphatic rings. The molecule has 0 unspecified atom stereocenters. The number of piperazine rings is 1. The molecule has 8 heteroatoms. The molecular formula is C20H25ClN4O2S. The topological polar surface area (TPSA) is 55.9 Å². The first-order valence-electron chi connectivity index (χ1n) is 9.40. The highest BCUT2D eigenvalue weighted by atomic mass is 35.5. The summed E-state index contributed by atoms with van der Waals surface area (Å²) >= 11 is 7.54. The molecule has 1 aromatic carbocycles. The number of hydrogen-bond donors (Lipinski definition) is 1. The number of carbonyl (C=O) groups is 2. The lowest BCUT2D eigenvalue weighted by Crippen LogP contribution is -2.53. The van der Waals surface area contributed by atoms with Gasteiger partial charge in [-0.05, 0) is 30.8 Å². The van der Waals surface area contributed by atoms with Crippen LogP contribution in [0.4, 0.5) is 10.5 Å². The molecule has 2 heterocycles. The molecule has 3 rings (SSSR count). The van der Waals surface area contributed by atoms with Gasteiger partial charge in [0.1, 0.15) is 0 Å². The van der Waals surface area contributed by atoms with Crippen molar-refractivity contribution < 1.29 is 9.59 Å². The van der Waals surface area contributed by atoms with Crippen molar-refractivity contribution in [1.82, 2.24) is 14.7 Å². The molecule has 0 spiro atoms. The molecule has 28 heavy (non-hydrogen) atoms. The van der Waals surface area contributed by atoms with Crippen molar-refractivity contribution in [3.8, 4) is 0 Å². The Morgan fingerprint density at radius 1 is 1.07 bits per heavy atom. The maximum Gasteiger partial charge on any atom is 0.321 e. The van der Waals surface area contributed by atoms with E-state index in [0.29, 0.717) is 32.7 Å². The van der Waals surface area contributed by atoms with Crippen molar-refractivity contribution in [1.29, 1.82) is 0 Å². The fraction of sp³-hybridized carbons (Fsp3) is 0.400. The van der Waals surface area contributed by atoms with E-state index in [1.807, 2.05) is 54.3 Å². The van der Waals surface area contributed by atoms with Crippen LogP contribution in [0.15, 0.2) is 42.5 Å². The lowest BCUT2D eigenvalue weighted by atomic mass is 10.3. The van der Waals surface area contributed by atoms with Crippen LogP contribution in [0.3, 0.4) is 0 Å². The van der Waals surface area contributed by atoms with Gasteiger partial charge in [0, 0.05) is 43.3 Å². The second-order valence-electron chi connectivity index (χ2n) is 6.67. The number of benzene rings is 1. The normalized spacial score (nSPS) is 14.4. The Morgan fingerprint density at radius 3 is 2.36 bits per heavy atom. The molecule has 2 aromatic rings. The number of amides is 3. The second-order valence-corrected chi connectivity index (χ2v) is 8.47. The van der Waals surface area contributed by atoms with Crippen LogP contribution in [-0.4, -0.2) is 65.9 Å². The molecule has 0 aliphatic carbocycles. The number of carbonyl (C=O) groups excluding carboxylic acids is 2. The van der Waals surface area contributed by atoms with Gasteiger partial charge in [-0.3, -0.25) is 9.69 Å². The number of thiophene rings is 1. The highest BCUT2D eigenvalue weighted by molar-refractivity contribution is 7.16. The monoisotopic (exact) mass is 420 g/mol. The van der Waals surface area contributed by atoms with Gasteiger partial charge in [0.05, 0.1) is 10.9 Å². The summed E-state index contributed by atoms with van der Waals surface area (Å²) in [5.74, 6) is 0.104. The quantitative estimate of drug-likeness (QED) is 0.776. The van der Waals surface area contributed by atoms with Crippen LogP contribution < -0.4 is 5.32 Å². The smallest absolute Gasteiger partial charge is 0.321 e. The third-order valence-electron chi connectivity index (χ3n) is 4.76. The van der Waals surface area contributed by atoms with Crippen LogP contribution in [0.25, 0.3) is 0 Å². The minimum absolute atomic E-state index is 0.104. The number of para-hydroxylation sites is 1. The summed E-state index contributed by atoms with van der Waals surface area (Å²) in [7, 11) is 0. The zero-order valence-corrected chi connectivity index (χ0v) is 17.5. The van der Waals surface area contributed by atoms with Gasteiger partial charge in [0.15, 0.2) is 0 Å². The molecule has 0 radical (unpaired) electrons. The molecule has 6 nitrogen and oxygen atoms in total. The summed E-state index contributed by atoms with van der Waals surface area (Å²) in [4.78, 5) is 31.9. The molecule has 150 valence electrons. The molecule has 1 N–H and O–H groups in total. The third kappa shape index (κ3) is 5.70. The first-order valence-corrected chi connectivity index (χ1v) is 10.6. The highest BCUT2D eigenvalue weighted by Gasteiger charge is 2.25. The SMILES string of the molecule is CCN(CC(=O)N1CCN(C(=O)Nc2ccccc2)CC1)Cc1ccc(Cl)s1. The van der Waals surface area contributed by atoms with Gasteiger partial charge in [-0.2, -0.15) is 0 Å². The largest absolute Gasteiger partial charge is 0.338 e. The number of rotatable bonds is 6. The first kappa shape index (κ1) is 20.6. The van der Waals surface area contributed by atoms with E-state index in [0.717, 1.165) is 28.0 Å². The molecule has 1 aromatic heterocycles. The molecule has 1 aliphatic heterocycles. The van der Waals surface area contributed by atoms with E-state index in [1.165, 1.54) is 0 Å². The van der Waals surface area contributed by atoms with Gasteiger partial charge < -0.3 is 15.1 Å². The van der Waals surface area contributed by atoms with Crippen molar-refractivity contribution in [2.45, 2.75) is 13.5 Å². The van der Waals surface area contributed by atoms with E-state index in [2.05, 4.69) is 10.2 Å². The van der Waals surface area contributed by atoms with E-state index >= 15 is 0 Å². The Labute approximate surface area is 174 Å². The molecule has 0 saturated carbocycles. The van der Waals surface area contributed by atoms with Crippen molar-refractivity contribution in [3.63, 3.8) is 0 Å². The van der Waals surface area contributed by atoms with Crippen molar-refractivity contribution in [2.24, 2.45) is 0 Å². The summed E-state index contributed by atoms with van der Waals surface area (Å²) in [6, 6.07) is 13.2. The third-order valence-corrected chi connectivity index (χ3v) is 5.97. The van der Waals surface area contributed by atoms with Crippen molar-refractivity contribution in [2.75, 3.05) is 44.6 Å². The van der Waals surface area contributed by atoms with Crippen LogP contribution in [0.1, 0.15) is 11.8 Å². The van der Waals surface area contributed by atoms with Gasteiger partial charge in [-0.15, -0.1) is 11.3 Å². The first-order chi connectivity index (χ1) is 13.5.